The van der Waals surface area contributed by atoms with Gasteiger partial charge < -0.3 is 9.30 Å². The number of aromatic nitrogens is 1. The molecular weight excluding hydrogens is 168 g/mol. The summed E-state index contributed by atoms with van der Waals surface area (Å²) >= 11 is 0. The molecular formula is C9H10N2O2. The molecule has 4 nitrogen and oxygen atoms in total. The van der Waals surface area contributed by atoms with E-state index in [0.717, 1.165) is 5.69 Å². The van der Waals surface area contributed by atoms with E-state index in [1.807, 2.05) is 6.07 Å². The molecule has 0 saturated heterocycles. The van der Waals surface area contributed by atoms with E-state index >= 15 is 0 Å². The van der Waals surface area contributed by atoms with E-state index < -0.39 is 0 Å². The van der Waals surface area contributed by atoms with Gasteiger partial charge in [-0.15, -0.1) is 0 Å². The van der Waals surface area contributed by atoms with Gasteiger partial charge in [-0.05, 0) is 12.1 Å². The second-order valence-corrected chi connectivity index (χ2v) is 2.60. The Morgan fingerprint density at radius 1 is 1.69 bits per heavy atom. The third-order valence-corrected chi connectivity index (χ3v) is 1.88. The van der Waals surface area contributed by atoms with Gasteiger partial charge in [0.15, 0.2) is 0 Å². The molecule has 0 aliphatic rings. The zero-order valence-electron chi connectivity index (χ0n) is 7.57. The van der Waals surface area contributed by atoms with Crippen LogP contribution >= 0.6 is 0 Å². The predicted molar refractivity (Wildman–Crippen MR) is 46.1 cm³/mol. The molecule has 0 aromatic carbocycles. The number of hydrogen-bond donors (Lipinski definition) is 0. The Labute approximate surface area is 76.3 Å². The van der Waals surface area contributed by atoms with E-state index in [4.69, 9.17) is 5.26 Å². The smallest absolute Gasteiger partial charge is 0.354 e. The molecule has 13 heavy (non-hydrogen) atoms. The lowest BCUT2D eigenvalue weighted by Gasteiger charge is -2.02. The molecule has 0 spiro atoms. The van der Waals surface area contributed by atoms with Crippen molar-refractivity contribution in [2.45, 2.75) is 6.42 Å². The topological polar surface area (TPSA) is 55.0 Å². The van der Waals surface area contributed by atoms with Gasteiger partial charge in [-0.1, -0.05) is 0 Å². The van der Waals surface area contributed by atoms with Crippen LogP contribution in [0.1, 0.15) is 16.2 Å². The minimum Gasteiger partial charge on any atom is -0.464 e. The van der Waals surface area contributed by atoms with Crippen LogP contribution < -0.4 is 0 Å². The number of rotatable bonds is 2. The van der Waals surface area contributed by atoms with Crippen molar-refractivity contribution in [2.24, 2.45) is 7.05 Å². The number of ether oxygens (including phenoxy) is 1. The number of methoxy groups -OCH3 is 1. The lowest BCUT2D eigenvalue weighted by molar-refractivity contribution is 0.0589. The normalized spacial score (nSPS) is 9.31. The number of nitriles is 1. The first-order valence-electron chi connectivity index (χ1n) is 3.80. The fourth-order valence-corrected chi connectivity index (χ4v) is 1.12. The summed E-state index contributed by atoms with van der Waals surface area (Å²) in [4.78, 5) is 11.1. The predicted octanol–water partition coefficient (Wildman–Crippen LogP) is 0.878. The highest BCUT2D eigenvalue weighted by Gasteiger charge is 2.11. The lowest BCUT2D eigenvalue weighted by Crippen LogP contribution is -2.09. The van der Waals surface area contributed by atoms with E-state index in [2.05, 4.69) is 4.74 Å². The summed E-state index contributed by atoms with van der Waals surface area (Å²) in [6.07, 6.45) is 0.299. The van der Waals surface area contributed by atoms with Gasteiger partial charge in [-0.3, -0.25) is 0 Å². The zero-order chi connectivity index (χ0) is 9.84. The first kappa shape index (κ1) is 9.33. The van der Waals surface area contributed by atoms with Crippen molar-refractivity contribution in [2.75, 3.05) is 7.11 Å². The highest BCUT2D eigenvalue weighted by atomic mass is 16.5. The van der Waals surface area contributed by atoms with Gasteiger partial charge in [0.2, 0.25) is 0 Å². The van der Waals surface area contributed by atoms with Crippen LogP contribution in [0.15, 0.2) is 12.1 Å². The van der Waals surface area contributed by atoms with Gasteiger partial charge >= 0.3 is 5.97 Å². The summed E-state index contributed by atoms with van der Waals surface area (Å²) in [5.41, 5.74) is 1.27. The lowest BCUT2D eigenvalue weighted by atomic mass is 10.3. The maximum absolute atomic E-state index is 11.1. The van der Waals surface area contributed by atoms with Crippen LogP contribution in [0, 0.1) is 11.3 Å². The van der Waals surface area contributed by atoms with E-state index in [1.165, 1.54) is 7.11 Å². The van der Waals surface area contributed by atoms with Crippen LogP contribution in [-0.4, -0.2) is 17.6 Å². The molecule has 0 unspecified atom stereocenters. The van der Waals surface area contributed by atoms with Crippen molar-refractivity contribution < 1.29 is 9.53 Å². The summed E-state index contributed by atoms with van der Waals surface area (Å²) < 4.78 is 6.23. The maximum Gasteiger partial charge on any atom is 0.354 e. The minimum absolute atomic E-state index is 0.299. The first-order valence-corrected chi connectivity index (χ1v) is 3.80. The fourth-order valence-electron chi connectivity index (χ4n) is 1.12. The fraction of sp³-hybridized carbons (Fsp3) is 0.333. The van der Waals surface area contributed by atoms with Gasteiger partial charge in [0.25, 0.3) is 0 Å². The number of nitrogens with zero attached hydrogens (tertiary/aromatic N) is 2. The van der Waals surface area contributed by atoms with Crippen molar-refractivity contribution in [3.05, 3.63) is 23.5 Å². The largest absolute Gasteiger partial charge is 0.464 e. The van der Waals surface area contributed by atoms with Gasteiger partial charge in [0.05, 0.1) is 19.6 Å². The Morgan fingerprint density at radius 3 is 2.92 bits per heavy atom. The average Bonchev–Trinajstić information content (AvgIpc) is 2.48. The Kier molecular flexibility index (Phi) is 2.70. The summed E-state index contributed by atoms with van der Waals surface area (Å²) in [5.74, 6) is -0.383. The average molecular weight is 178 g/mol. The first-order chi connectivity index (χ1) is 6.20. The van der Waals surface area contributed by atoms with Crippen molar-refractivity contribution >= 4 is 5.97 Å². The number of carbonyl (C=O) groups excluding carboxylic acids is 1. The van der Waals surface area contributed by atoms with Crippen LogP contribution in [0.5, 0.6) is 0 Å². The SMILES string of the molecule is COC(=O)c1ccc(CC#N)n1C. The van der Waals surface area contributed by atoms with E-state index in [1.54, 1.807) is 23.7 Å². The third kappa shape index (κ3) is 1.70. The summed E-state index contributed by atoms with van der Waals surface area (Å²) in [6.45, 7) is 0. The van der Waals surface area contributed by atoms with E-state index in [9.17, 15) is 4.79 Å². The molecule has 1 aromatic heterocycles. The molecule has 1 rings (SSSR count). The summed E-state index contributed by atoms with van der Waals surface area (Å²) in [7, 11) is 3.07. The van der Waals surface area contributed by atoms with Gasteiger partial charge in [0, 0.05) is 12.7 Å². The standard InChI is InChI=1S/C9H10N2O2/c1-11-7(5-6-10)3-4-8(11)9(12)13-2/h3-4H,5H2,1-2H3. The Hall–Kier alpha value is -1.76. The molecule has 0 N–H and O–H groups in total. The molecule has 0 atom stereocenters. The van der Waals surface area contributed by atoms with Crippen LogP contribution in [-0.2, 0) is 18.2 Å². The van der Waals surface area contributed by atoms with Gasteiger partial charge in [-0.25, -0.2) is 4.79 Å². The molecule has 68 valence electrons. The van der Waals surface area contributed by atoms with Crippen molar-refractivity contribution in [3.8, 4) is 6.07 Å². The molecule has 1 aromatic rings. The van der Waals surface area contributed by atoms with E-state index in [-0.39, 0.29) is 5.97 Å². The molecule has 0 fully saturated rings. The molecule has 0 aliphatic carbocycles. The molecule has 1 heterocycles. The van der Waals surface area contributed by atoms with E-state index in [0.29, 0.717) is 12.1 Å². The number of hydrogen-bond acceptors (Lipinski definition) is 3. The highest BCUT2D eigenvalue weighted by molar-refractivity contribution is 5.87. The Bertz CT molecular complexity index is 360. The van der Waals surface area contributed by atoms with Gasteiger partial charge in [0.1, 0.15) is 5.69 Å². The number of esters is 1. The molecule has 0 radical (unpaired) electrons. The molecule has 0 saturated carbocycles. The van der Waals surface area contributed by atoms with Crippen molar-refractivity contribution in [1.29, 1.82) is 5.26 Å². The monoisotopic (exact) mass is 178 g/mol. The Balaban J connectivity index is 3.00. The van der Waals surface area contributed by atoms with Crippen LogP contribution in [0.25, 0.3) is 0 Å². The van der Waals surface area contributed by atoms with Crippen molar-refractivity contribution in [3.63, 3.8) is 0 Å². The zero-order valence-corrected chi connectivity index (χ0v) is 7.57. The van der Waals surface area contributed by atoms with Crippen molar-refractivity contribution in [1.82, 2.24) is 4.57 Å². The van der Waals surface area contributed by atoms with Crippen LogP contribution in [0.2, 0.25) is 0 Å². The maximum atomic E-state index is 11.1. The molecule has 0 aliphatic heterocycles. The molecule has 0 amide bonds. The summed E-state index contributed by atoms with van der Waals surface area (Å²) in [5, 5.41) is 8.47. The second kappa shape index (κ2) is 3.76. The van der Waals surface area contributed by atoms with Crippen LogP contribution in [0.3, 0.4) is 0 Å². The molecule has 4 heteroatoms. The quantitative estimate of drug-likeness (QED) is 0.631. The Morgan fingerprint density at radius 2 is 2.38 bits per heavy atom. The highest BCUT2D eigenvalue weighted by Crippen LogP contribution is 2.08. The number of carbonyl (C=O) groups is 1. The van der Waals surface area contributed by atoms with Gasteiger partial charge in [-0.2, -0.15) is 5.26 Å². The summed E-state index contributed by atoms with van der Waals surface area (Å²) in [6, 6.07) is 5.42. The minimum atomic E-state index is -0.383. The second-order valence-electron chi connectivity index (χ2n) is 2.60. The third-order valence-electron chi connectivity index (χ3n) is 1.88. The van der Waals surface area contributed by atoms with Crippen LogP contribution in [0.4, 0.5) is 0 Å². The molecule has 0 bridgehead atoms.